The molecule has 0 atom stereocenters. The molecule has 2 aromatic heterocycles. The standard InChI is InChI=1S/C38H47N7O5/c1-38(2,3)50-37(47)39-18-23-43-26-24-42(25-27-43)19-7-10-34(46)44-20-15-29(16-21-44)45-22-17-33-35(45)36(41-28-40-33)49-32-13-11-31(12-14-32)48-30-8-5-4-6-9-30/h4-14,17,22,28-29H,15-16,18-21,23-27H2,1-3H3,(H,39,47). The highest BCUT2D eigenvalue weighted by Crippen LogP contribution is 2.34. The van der Waals surface area contributed by atoms with Crippen molar-refractivity contribution in [3.8, 4) is 23.1 Å². The Hall–Kier alpha value is -4.94. The van der Waals surface area contributed by atoms with Crippen LogP contribution in [0.15, 0.2) is 85.3 Å². The van der Waals surface area contributed by atoms with Gasteiger partial charge in [-0.15, -0.1) is 0 Å². The predicted octanol–water partition coefficient (Wildman–Crippen LogP) is 5.88. The molecular formula is C38H47N7O5. The van der Waals surface area contributed by atoms with Gasteiger partial charge < -0.3 is 29.0 Å². The lowest BCUT2D eigenvalue weighted by atomic mass is 10.0. The van der Waals surface area contributed by atoms with E-state index >= 15 is 0 Å². The third kappa shape index (κ3) is 9.60. The fourth-order valence-electron chi connectivity index (χ4n) is 6.25. The normalized spacial score (nSPS) is 16.5. The Bertz CT molecular complexity index is 1740. The van der Waals surface area contributed by atoms with E-state index in [4.69, 9.17) is 14.2 Å². The van der Waals surface area contributed by atoms with Crippen molar-refractivity contribution in [3.05, 3.63) is 85.3 Å². The first-order valence-corrected chi connectivity index (χ1v) is 17.4. The van der Waals surface area contributed by atoms with Crippen LogP contribution in [0.2, 0.25) is 0 Å². The molecule has 0 bridgehead atoms. The van der Waals surface area contributed by atoms with Gasteiger partial charge in [-0.1, -0.05) is 24.3 Å². The second kappa shape index (κ2) is 16.2. The Labute approximate surface area is 293 Å². The van der Waals surface area contributed by atoms with E-state index in [-0.39, 0.29) is 18.0 Å². The fourth-order valence-corrected chi connectivity index (χ4v) is 6.25. The van der Waals surface area contributed by atoms with Crippen molar-refractivity contribution in [2.45, 2.75) is 45.3 Å². The van der Waals surface area contributed by atoms with Gasteiger partial charge in [-0.25, -0.2) is 9.78 Å². The summed E-state index contributed by atoms with van der Waals surface area (Å²) in [5.74, 6) is 2.70. The zero-order valence-corrected chi connectivity index (χ0v) is 29.2. The summed E-state index contributed by atoms with van der Waals surface area (Å²) in [6.45, 7) is 12.7. The largest absolute Gasteiger partial charge is 0.457 e. The van der Waals surface area contributed by atoms with Gasteiger partial charge in [0, 0.05) is 77.2 Å². The number of rotatable bonds is 11. The van der Waals surface area contributed by atoms with Gasteiger partial charge >= 0.3 is 6.09 Å². The highest BCUT2D eigenvalue weighted by molar-refractivity contribution is 5.87. The van der Waals surface area contributed by atoms with Crippen LogP contribution in [0.4, 0.5) is 4.79 Å². The Kier molecular flexibility index (Phi) is 11.3. The van der Waals surface area contributed by atoms with E-state index < -0.39 is 5.60 Å². The number of carbonyl (C=O) groups excluding carboxylic acids is 2. The molecule has 0 spiro atoms. The third-order valence-corrected chi connectivity index (χ3v) is 8.84. The molecule has 0 unspecified atom stereocenters. The van der Waals surface area contributed by atoms with Gasteiger partial charge in [0.1, 0.15) is 34.7 Å². The summed E-state index contributed by atoms with van der Waals surface area (Å²) in [6.07, 6.45) is 8.54. The van der Waals surface area contributed by atoms with Crippen molar-refractivity contribution in [1.29, 1.82) is 0 Å². The molecule has 2 aliphatic rings. The Morgan fingerprint density at radius 1 is 0.840 bits per heavy atom. The van der Waals surface area contributed by atoms with Crippen molar-refractivity contribution in [2.75, 3.05) is 58.9 Å². The maximum atomic E-state index is 13.1. The summed E-state index contributed by atoms with van der Waals surface area (Å²) in [5.41, 5.74) is 1.17. The molecule has 4 aromatic rings. The summed E-state index contributed by atoms with van der Waals surface area (Å²) in [5, 5.41) is 2.83. The first-order valence-electron chi connectivity index (χ1n) is 17.4. The lowest BCUT2D eigenvalue weighted by molar-refractivity contribution is -0.127. The maximum absolute atomic E-state index is 13.1. The average Bonchev–Trinajstić information content (AvgIpc) is 3.55. The number of piperazine rings is 1. The number of carbonyl (C=O) groups is 2. The first-order chi connectivity index (χ1) is 24.2. The highest BCUT2D eigenvalue weighted by atomic mass is 16.6. The number of hydrogen-bond donors (Lipinski definition) is 1. The lowest BCUT2D eigenvalue weighted by Crippen LogP contribution is -2.48. The predicted molar refractivity (Wildman–Crippen MR) is 192 cm³/mol. The average molecular weight is 682 g/mol. The van der Waals surface area contributed by atoms with Crippen molar-refractivity contribution >= 4 is 23.0 Å². The molecule has 6 rings (SSSR count). The number of alkyl carbamates (subject to hydrolysis) is 1. The van der Waals surface area contributed by atoms with Crippen LogP contribution in [0.5, 0.6) is 23.1 Å². The quantitative estimate of drug-likeness (QED) is 0.194. The number of ether oxygens (including phenoxy) is 3. The monoisotopic (exact) mass is 681 g/mol. The second-order valence-corrected chi connectivity index (χ2v) is 13.7. The molecule has 2 amide bonds. The van der Waals surface area contributed by atoms with Crippen molar-refractivity contribution in [2.24, 2.45) is 0 Å². The minimum atomic E-state index is -0.495. The molecule has 2 fully saturated rings. The number of nitrogens with zero attached hydrogens (tertiary/aromatic N) is 6. The van der Waals surface area contributed by atoms with Crippen molar-refractivity contribution in [3.63, 3.8) is 0 Å². The molecule has 2 aliphatic heterocycles. The molecule has 2 aromatic carbocycles. The molecule has 0 radical (unpaired) electrons. The van der Waals surface area contributed by atoms with Crippen LogP contribution in [0.1, 0.15) is 39.7 Å². The SMILES string of the molecule is CC(C)(C)OC(=O)NCCN1CCN(CC=CC(=O)N2CCC(n3ccc4ncnc(Oc5ccc(Oc6ccccc6)cc5)c43)CC2)CC1. The van der Waals surface area contributed by atoms with Crippen molar-refractivity contribution < 1.29 is 23.8 Å². The maximum Gasteiger partial charge on any atom is 0.407 e. The summed E-state index contributed by atoms with van der Waals surface area (Å²) >= 11 is 0. The number of amides is 2. The van der Waals surface area contributed by atoms with E-state index in [0.29, 0.717) is 31.3 Å². The molecule has 264 valence electrons. The number of hydrogen-bond acceptors (Lipinski definition) is 9. The van der Waals surface area contributed by atoms with E-state index in [1.807, 2.05) is 98.6 Å². The molecule has 1 N–H and O–H groups in total. The van der Waals surface area contributed by atoms with Crippen LogP contribution in [0, 0.1) is 0 Å². The number of para-hydroxylation sites is 1. The van der Waals surface area contributed by atoms with Crippen LogP contribution < -0.4 is 14.8 Å². The molecule has 0 saturated carbocycles. The minimum Gasteiger partial charge on any atom is -0.457 e. The first kappa shape index (κ1) is 34.9. The smallest absolute Gasteiger partial charge is 0.407 e. The van der Waals surface area contributed by atoms with Gasteiger partial charge in [-0.05, 0) is 76.1 Å². The molecule has 50 heavy (non-hydrogen) atoms. The number of fused-ring (bicyclic) bond motifs is 1. The van der Waals surface area contributed by atoms with Gasteiger partial charge in [-0.3, -0.25) is 14.6 Å². The van der Waals surface area contributed by atoms with E-state index in [9.17, 15) is 9.59 Å². The van der Waals surface area contributed by atoms with E-state index in [1.54, 1.807) is 6.08 Å². The number of piperidine rings is 1. The van der Waals surface area contributed by atoms with Crippen LogP contribution in [0.3, 0.4) is 0 Å². The van der Waals surface area contributed by atoms with Crippen LogP contribution in [-0.4, -0.2) is 106 Å². The summed E-state index contributed by atoms with van der Waals surface area (Å²) in [7, 11) is 0. The van der Waals surface area contributed by atoms with Crippen molar-refractivity contribution in [1.82, 2.24) is 34.6 Å². The molecule has 0 aliphatic carbocycles. The fraction of sp³-hybridized carbons (Fsp3) is 0.421. The molecule has 4 heterocycles. The molecule has 2 saturated heterocycles. The van der Waals surface area contributed by atoms with E-state index in [1.165, 1.54) is 6.33 Å². The minimum absolute atomic E-state index is 0.0553. The van der Waals surface area contributed by atoms with E-state index in [0.717, 1.165) is 74.6 Å². The Morgan fingerprint density at radius 3 is 2.20 bits per heavy atom. The van der Waals surface area contributed by atoms with E-state index in [2.05, 4.69) is 29.7 Å². The third-order valence-electron chi connectivity index (χ3n) is 8.84. The second-order valence-electron chi connectivity index (χ2n) is 13.7. The number of nitrogens with one attached hydrogen (secondary N) is 1. The van der Waals surface area contributed by atoms with Gasteiger partial charge in [-0.2, -0.15) is 4.98 Å². The number of benzene rings is 2. The van der Waals surface area contributed by atoms with Crippen LogP contribution in [0.25, 0.3) is 11.0 Å². The number of likely N-dealkylation sites (tertiary alicyclic amines) is 1. The number of aromatic nitrogens is 3. The summed E-state index contributed by atoms with van der Waals surface area (Å²) in [4.78, 5) is 40.5. The Morgan fingerprint density at radius 2 is 1.50 bits per heavy atom. The van der Waals surface area contributed by atoms with Gasteiger partial charge in [0.2, 0.25) is 11.8 Å². The van der Waals surface area contributed by atoms with Gasteiger partial charge in [0.15, 0.2) is 0 Å². The van der Waals surface area contributed by atoms with Crippen LogP contribution >= 0.6 is 0 Å². The summed E-state index contributed by atoms with van der Waals surface area (Å²) < 4.78 is 19.7. The zero-order chi connectivity index (χ0) is 34.9. The molecular weight excluding hydrogens is 634 g/mol. The lowest BCUT2D eigenvalue weighted by Gasteiger charge is -2.34. The van der Waals surface area contributed by atoms with Crippen LogP contribution in [-0.2, 0) is 9.53 Å². The highest BCUT2D eigenvalue weighted by Gasteiger charge is 2.25. The van der Waals surface area contributed by atoms with Gasteiger partial charge in [0.05, 0.1) is 5.52 Å². The molecule has 12 nitrogen and oxygen atoms in total. The topological polar surface area (TPSA) is 114 Å². The molecule has 12 heteroatoms. The summed E-state index contributed by atoms with van der Waals surface area (Å²) in [6, 6.07) is 19.3. The van der Waals surface area contributed by atoms with Gasteiger partial charge in [0.25, 0.3) is 0 Å². The zero-order valence-electron chi connectivity index (χ0n) is 29.2. The Balaban J connectivity index is 0.948.